The van der Waals surface area contributed by atoms with Crippen LogP contribution in [0.1, 0.15) is 5.69 Å². The van der Waals surface area contributed by atoms with E-state index in [1.165, 1.54) is 4.57 Å². The van der Waals surface area contributed by atoms with E-state index in [2.05, 4.69) is 0 Å². The van der Waals surface area contributed by atoms with Crippen molar-refractivity contribution in [1.29, 1.82) is 0 Å². The molecular formula is C16H13NO4. The highest BCUT2D eigenvalue weighted by molar-refractivity contribution is 5.89. The quantitative estimate of drug-likeness (QED) is 0.743. The molecule has 0 saturated carbocycles. The molecule has 0 bridgehead atoms. The third kappa shape index (κ3) is 1.94. The molecule has 0 spiro atoms. The van der Waals surface area contributed by atoms with Gasteiger partial charge in [0, 0.05) is 18.8 Å². The van der Waals surface area contributed by atoms with Crippen LogP contribution < -0.4 is 11.2 Å². The molecule has 21 heavy (non-hydrogen) atoms. The molecule has 0 aliphatic rings. The van der Waals surface area contributed by atoms with Gasteiger partial charge >= 0.3 is 5.63 Å². The SMILES string of the molecule is Cc1cc2oc(=O)c(-c3ccccc3)c(O)c2c(=O)n1C. The lowest BCUT2D eigenvalue weighted by atomic mass is 10.1. The van der Waals surface area contributed by atoms with Gasteiger partial charge in [0.25, 0.3) is 5.56 Å². The van der Waals surface area contributed by atoms with Gasteiger partial charge in [-0.2, -0.15) is 0 Å². The standard InChI is InChI=1S/C16H13NO4/c1-9-8-11-13(15(19)17(9)2)14(18)12(16(20)21-11)10-6-4-3-5-7-10/h3-8,18H,1-2H3. The average Bonchev–Trinajstić information content (AvgIpc) is 2.45. The van der Waals surface area contributed by atoms with Crippen molar-refractivity contribution in [2.45, 2.75) is 6.92 Å². The molecule has 0 atom stereocenters. The maximum absolute atomic E-state index is 12.3. The summed E-state index contributed by atoms with van der Waals surface area (Å²) in [4.78, 5) is 24.4. The Labute approximate surface area is 119 Å². The van der Waals surface area contributed by atoms with Crippen molar-refractivity contribution in [3.05, 3.63) is 62.9 Å². The highest BCUT2D eigenvalue weighted by Gasteiger charge is 2.19. The van der Waals surface area contributed by atoms with E-state index in [4.69, 9.17) is 4.42 Å². The average molecular weight is 283 g/mol. The predicted octanol–water partition coefficient (Wildman–Crippen LogP) is 2.17. The molecule has 0 saturated heterocycles. The number of aryl methyl sites for hydroxylation is 1. The number of pyridine rings is 1. The van der Waals surface area contributed by atoms with Crippen LogP contribution >= 0.6 is 0 Å². The zero-order chi connectivity index (χ0) is 15.1. The van der Waals surface area contributed by atoms with Crippen molar-refractivity contribution < 1.29 is 9.52 Å². The Morgan fingerprint density at radius 2 is 1.81 bits per heavy atom. The fourth-order valence-corrected chi connectivity index (χ4v) is 2.32. The van der Waals surface area contributed by atoms with Crippen LogP contribution in [0.2, 0.25) is 0 Å². The Balaban J connectivity index is 2.50. The first-order valence-electron chi connectivity index (χ1n) is 6.42. The number of rotatable bonds is 1. The number of hydrogen-bond acceptors (Lipinski definition) is 4. The zero-order valence-corrected chi connectivity index (χ0v) is 11.6. The molecule has 0 aliphatic carbocycles. The molecule has 0 unspecified atom stereocenters. The number of benzene rings is 1. The summed E-state index contributed by atoms with van der Waals surface area (Å²) < 4.78 is 6.62. The van der Waals surface area contributed by atoms with E-state index >= 15 is 0 Å². The fraction of sp³-hybridized carbons (Fsp3) is 0.125. The van der Waals surface area contributed by atoms with Crippen molar-refractivity contribution in [1.82, 2.24) is 4.57 Å². The second kappa shape index (κ2) is 4.63. The van der Waals surface area contributed by atoms with E-state index in [9.17, 15) is 14.7 Å². The van der Waals surface area contributed by atoms with E-state index in [0.29, 0.717) is 11.3 Å². The van der Waals surface area contributed by atoms with Gasteiger partial charge in [-0.3, -0.25) is 4.79 Å². The molecule has 1 aromatic carbocycles. The Bertz CT molecular complexity index is 952. The molecule has 0 fully saturated rings. The summed E-state index contributed by atoms with van der Waals surface area (Å²) in [6.45, 7) is 1.73. The molecule has 0 aliphatic heterocycles. The third-order valence-corrected chi connectivity index (χ3v) is 3.58. The van der Waals surface area contributed by atoms with Crippen LogP contribution in [0, 0.1) is 6.92 Å². The van der Waals surface area contributed by atoms with Crippen LogP contribution in [0.3, 0.4) is 0 Å². The number of fused-ring (bicyclic) bond motifs is 1. The van der Waals surface area contributed by atoms with Gasteiger partial charge in [-0.15, -0.1) is 0 Å². The van der Waals surface area contributed by atoms with Crippen LogP contribution in [0.15, 0.2) is 50.4 Å². The van der Waals surface area contributed by atoms with E-state index in [-0.39, 0.29) is 22.3 Å². The normalized spacial score (nSPS) is 11.0. The van der Waals surface area contributed by atoms with Crippen LogP contribution in [-0.2, 0) is 7.05 Å². The fourth-order valence-electron chi connectivity index (χ4n) is 2.32. The van der Waals surface area contributed by atoms with Crippen molar-refractivity contribution >= 4 is 11.0 Å². The maximum Gasteiger partial charge on any atom is 0.347 e. The minimum atomic E-state index is -0.668. The lowest BCUT2D eigenvalue weighted by molar-refractivity contribution is 0.469. The minimum absolute atomic E-state index is 0.00375. The van der Waals surface area contributed by atoms with Crippen LogP contribution in [0.25, 0.3) is 22.1 Å². The van der Waals surface area contributed by atoms with E-state index in [0.717, 1.165) is 0 Å². The molecule has 2 heterocycles. The first-order chi connectivity index (χ1) is 10.0. The lowest BCUT2D eigenvalue weighted by Gasteiger charge is -2.09. The topological polar surface area (TPSA) is 72.4 Å². The molecule has 5 nitrogen and oxygen atoms in total. The third-order valence-electron chi connectivity index (χ3n) is 3.58. The van der Waals surface area contributed by atoms with Gasteiger partial charge in [-0.05, 0) is 12.5 Å². The highest BCUT2D eigenvalue weighted by atomic mass is 16.4. The molecule has 0 radical (unpaired) electrons. The van der Waals surface area contributed by atoms with Gasteiger partial charge in [0.1, 0.15) is 22.3 Å². The first-order valence-corrected chi connectivity index (χ1v) is 6.42. The zero-order valence-electron chi connectivity index (χ0n) is 11.6. The van der Waals surface area contributed by atoms with E-state index in [1.807, 2.05) is 0 Å². The number of aromatic hydroxyl groups is 1. The molecular weight excluding hydrogens is 270 g/mol. The molecule has 5 heteroatoms. The monoisotopic (exact) mass is 283 g/mol. The van der Waals surface area contributed by atoms with Crippen molar-refractivity contribution in [2.24, 2.45) is 7.05 Å². The minimum Gasteiger partial charge on any atom is -0.506 e. The first kappa shape index (κ1) is 13.2. The van der Waals surface area contributed by atoms with Gasteiger partial charge in [0.15, 0.2) is 0 Å². The van der Waals surface area contributed by atoms with Gasteiger partial charge in [0.05, 0.1) is 0 Å². The Kier molecular flexibility index (Phi) is 2.90. The Morgan fingerprint density at radius 1 is 1.14 bits per heavy atom. The molecule has 2 aromatic heterocycles. The van der Waals surface area contributed by atoms with Crippen molar-refractivity contribution in [2.75, 3.05) is 0 Å². The summed E-state index contributed by atoms with van der Waals surface area (Å²) in [6, 6.07) is 10.2. The molecule has 3 rings (SSSR count). The summed E-state index contributed by atoms with van der Waals surface area (Å²) in [7, 11) is 1.60. The second-order valence-electron chi connectivity index (χ2n) is 4.87. The molecule has 1 N–H and O–H groups in total. The molecule has 0 amide bonds. The lowest BCUT2D eigenvalue weighted by Crippen LogP contribution is -2.20. The molecule has 106 valence electrons. The smallest absolute Gasteiger partial charge is 0.347 e. The van der Waals surface area contributed by atoms with Crippen molar-refractivity contribution in [3.63, 3.8) is 0 Å². The second-order valence-corrected chi connectivity index (χ2v) is 4.87. The number of nitrogens with zero attached hydrogens (tertiary/aromatic N) is 1. The summed E-state index contributed by atoms with van der Waals surface area (Å²) >= 11 is 0. The summed E-state index contributed by atoms with van der Waals surface area (Å²) in [6.07, 6.45) is 0. The Morgan fingerprint density at radius 3 is 2.48 bits per heavy atom. The highest BCUT2D eigenvalue weighted by Crippen LogP contribution is 2.31. The van der Waals surface area contributed by atoms with E-state index < -0.39 is 11.2 Å². The van der Waals surface area contributed by atoms with Crippen LogP contribution in [0.4, 0.5) is 0 Å². The Hall–Kier alpha value is -2.82. The largest absolute Gasteiger partial charge is 0.506 e. The summed E-state index contributed by atoms with van der Waals surface area (Å²) in [5.41, 5.74) is 0.180. The van der Waals surface area contributed by atoms with Gasteiger partial charge < -0.3 is 14.1 Å². The predicted molar refractivity (Wildman–Crippen MR) is 79.6 cm³/mol. The maximum atomic E-state index is 12.3. The van der Waals surface area contributed by atoms with Gasteiger partial charge in [-0.1, -0.05) is 30.3 Å². The van der Waals surface area contributed by atoms with Crippen LogP contribution in [0.5, 0.6) is 5.75 Å². The van der Waals surface area contributed by atoms with E-state index in [1.54, 1.807) is 50.4 Å². The molecule has 3 aromatic rings. The van der Waals surface area contributed by atoms with Gasteiger partial charge in [-0.25, -0.2) is 4.79 Å². The summed E-state index contributed by atoms with van der Waals surface area (Å²) in [5.74, 6) is -0.340. The van der Waals surface area contributed by atoms with Crippen molar-refractivity contribution in [3.8, 4) is 16.9 Å². The summed E-state index contributed by atoms with van der Waals surface area (Å²) in [5, 5.41) is 10.4. The van der Waals surface area contributed by atoms with Gasteiger partial charge in [0.2, 0.25) is 0 Å². The number of hydrogen-bond donors (Lipinski definition) is 1. The number of aromatic nitrogens is 1. The van der Waals surface area contributed by atoms with Crippen LogP contribution in [-0.4, -0.2) is 9.67 Å².